The summed E-state index contributed by atoms with van der Waals surface area (Å²) in [6.45, 7) is 7.79. The molecule has 1 aromatic rings. The zero-order chi connectivity index (χ0) is 14.6. The Morgan fingerprint density at radius 3 is 2.58 bits per heavy atom. The van der Waals surface area contributed by atoms with Crippen LogP contribution < -0.4 is 11.1 Å². The second-order valence-corrected chi connectivity index (χ2v) is 6.74. The van der Waals surface area contributed by atoms with Gasteiger partial charge < -0.3 is 11.1 Å². The Hall–Kier alpha value is -1.36. The van der Waals surface area contributed by atoms with Gasteiger partial charge in [0.25, 0.3) is 0 Å². The van der Waals surface area contributed by atoms with Crippen molar-refractivity contribution in [2.24, 2.45) is 0 Å². The smallest absolute Gasteiger partial charge is 0.233 e. The van der Waals surface area contributed by atoms with Gasteiger partial charge in [-0.2, -0.15) is 0 Å². The van der Waals surface area contributed by atoms with Crippen LogP contribution in [0.2, 0.25) is 0 Å². The standard InChI is InChI=1S/C14H22N2O2S/c1-5-14(3,4)16-13(17)9-19(18)12-7-6-10(2)8-11(12)15/h6-8H,5,9,15H2,1-4H3,(H,16,17). The number of carbonyl (C=O) groups is 1. The van der Waals surface area contributed by atoms with Gasteiger partial charge in [0.15, 0.2) is 0 Å². The van der Waals surface area contributed by atoms with Crippen molar-refractivity contribution in [2.45, 2.75) is 44.6 Å². The average molecular weight is 282 g/mol. The highest BCUT2D eigenvalue weighted by atomic mass is 32.2. The van der Waals surface area contributed by atoms with Crippen LogP contribution in [0.5, 0.6) is 0 Å². The second kappa shape index (κ2) is 6.19. The third-order valence-corrected chi connectivity index (χ3v) is 4.42. The first kappa shape index (κ1) is 15.7. The number of hydrogen-bond acceptors (Lipinski definition) is 3. The molecule has 1 aromatic carbocycles. The number of nitrogen functional groups attached to an aromatic ring is 1. The second-order valence-electron chi connectivity index (χ2n) is 5.32. The number of anilines is 1. The molecular weight excluding hydrogens is 260 g/mol. The number of benzene rings is 1. The first-order valence-corrected chi connectivity index (χ1v) is 7.62. The molecule has 5 heteroatoms. The molecule has 19 heavy (non-hydrogen) atoms. The fourth-order valence-corrected chi connectivity index (χ4v) is 2.58. The Kier molecular flexibility index (Phi) is 5.11. The quantitative estimate of drug-likeness (QED) is 0.811. The minimum atomic E-state index is -1.41. The summed E-state index contributed by atoms with van der Waals surface area (Å²) in [5.41, 5.74) is 7.03. The molecule has 0 heterocycles. The van der Waals surface area contributed by atoms with Crippen LogP contribution in [0.4, 0.5) is 5.69 Å². The van der Waals surface area contributed by atoms with Crippen molar-refractivity contribution in [1.82, 2.24) is 5.32 Å². The van der Waals surface area contributed by atoms with E-state index in [1.165, 1.54) is 0 Å². The van der Waals surface area contributed by atoms with Crippen molar-refractivity contribution < 1.29 is 9.00 Å². The molecule has 1 atom stereocenters. The van der Waals surface area contributed by atoms with Crippen molar-refractivity contribution >= 4 is 22.4 Å². The highest BCUT2D eigenvalue weighted by molar-refractivity contribution is 7.86. The first-order chi connectivity index (χ1) is 8.75. The summed E-state index contributed by atoms with van der Waals surface area (Å²) >= 11 is 0. The minimum Gasteiger partial charge on any atom is -0.398 e. The summed E-state index contributed by atoms with van der Waals surface area (Å²) in [6, 6.07) is 5.33. The number of amides is 1. The van der Waals surface area contributed by atoms with Crippen LogP contribution in [-0.4, -0.2) is 21.4 Å². The van der Waals surface area contributed by atoms with E-state index in [0.29, 0.717) is 10.6 Å². The molecule has 0 aliphatic carbocycles. The predicted octanol–water partition coefficient (Wildman–Crippen LogP) is 1.99. The van der Waals surface area contributed by atoms with Gasteiger partial charge >= 0.3 is 0 Å². The molecule has 1 rings (SSSR count). The maximum absolute atomic E-state index is 12.1. The largest absolute Gasteiger partial charge is 0.398 e. The van der Waals surface area contributed by atoms with Gasteiger partial charge in [-0.1, -0.05) is 13.0 Å². The lowest BCUT2D eigenvalue weighted by Gasteiger charge is -2.24. The minimum absolute atomic E-state index is 0.0588. The fraction of sp³-hybridized carbons (Fsp3) is 0.500. The van der Waals surface area contributed by atoms with Crippen molar-refractivity contribution in [3.05, 3.63) is 23.8 Å². The molecule has 0 bridgehead atoms. The summed E-state index contributed by atoms with van der Waals surface area (Å²) in [5.74, 6) is -0.276. The molecule has 0 spiro atoms. The van der Waals surface area contributed by atoms with E-state index in [0.717, 1.165) is 12.0 Å². The van der Waals surface area contributed by atoms with Crippen LogP contribution in [0.15, 0.2) is 23.1 Å². The summed E-state index contributed by atoms with van der Waals surface area (Å²) in [4.78, 5) is 12.4. The number of nitrogens with two attached hydrogens (primary N) is 1. The lowest BCUT2D eigenvalue weighted by Crippen LogP contribution is -2.44. The molecule has 0 aliphatic heterocycles. The summed E-state index contributed by atoms with van der Waals surface area (Å²) < 4.78 is 12.1. The van der Waals surface area contributed by atoms with Gasteiger partial charge in [-0.05, 0) is 44.9 Å². The Balaban J connectivity index is 2.72. The zero-order valence-electron chi connectivity index (χ0n) is 11.9. The number of nitrogens with one attached hydrogen (secondary N) is 1. The van der Waals surface area contributed by atoms with Gasteiger partial charge in [0.1, 0.15) is 5.75 Å². The molecule has 3 N–H and O–H groups in total. The van der Waals surface area contributed by atoms with Gasteiger partial charge in [-0.3, -0.25) is 9.00 Å². The molecule has 0 aliphatic rings. The monoisotopic (exact) mass is 282 g/mol. The molecule has 4 nitrogen and oxygen atoms in total. The van der Waals surface area contributed by atoms with E-state index in [9.17, 15) is 9.00 Å². The maximum atomic E-state index is 12.1. The van der Waals surface area contributed by atoms with Crippen LogP contribution >= 0.6 is 0 Å². The van der Waals surface area contributed by atoms with E-state index in [1.54, 1.807) is 12.1 Å². The zero-order valence-corrected chi connectivity index (χ0v) is 12.8. The predicted molar refractivity (Wildman–Crippen MR) is 79.4 cm³/mol. The molecule has 1 unspecified atom stereocenters. The highest BCUT2D eigenvalue weighted by Gasteiger charge is 2.20. The third kappa shape index (κ3) is 4.67. The van der Waals surface area contributed by atoms with E-state index in [2.05, 4.69) is 5.32 Å². The molecule has 0 fully saturated rings. The molecule has 1 amide bonds. The van der Waals surface area contributed by atoms with Crippen molar-refractivity contribution in [3.63, 3.8) is 0 Å². The number of rotatable bonds is 5. The molecule has 0 radical (unpaired) electrons. The van der Waals surface area contributed by atoms with Crippen LogP contribution in [0.25, 0.3) is 0 Å². The van der Waals surface area contributed by atoms with E-state index in [-0.39, 0.29) is 17.2 Å². The SMILES string of the molecule is CCC(C)(C)NC(=O)CS(=O)c1ccc(C)cc1N. The normalized spacial score (nSPS) is 13.1. The summed E-state index contributed by atoms with van der Waals surface area (Å²) in [6.07, 6.45) is 0.818. The number of carbonyl (C=O) groups excluding carboxylic acids is 1. The van der Waals surface area contributed by atoms with Crippen molar-refractivity contribution in [1.29, 1.82) is 0 Å². The van der Waals surface area contributed by atoms with Gasteiger partial charge in [-0.25, -0.2) is 0 Å². The molecular formula is C14H22N2O2S. The lowest BCUT2D eigenvalue weighted by molar-refractivity contribution is -0.120. The number of hydrogen-bond donors (Lipinski definition) is 2. The molecule has 0 saturated heterocycles. The van der Waals surface area contributed by atoms with E-state index in [1.807, 2.05) is 33.8 Å². The van der Waals surface area contributed by atoms with Crippen molar-refractivity contribution in [3.8, 4) is 0 Å². The third-order valence-electron chi connectivity index (χ3n) is 3.03. The van der Waals surface area contributed by atoms with E-state index >= 15 is 0 Å². The first-order valence-electron chi connectivity index (χ1n) is 6.30. The fourth-order valence-electron chi connectivity index (χ4n) is 1.57. The van der Waals surface area contributed by atoms with E-state index in [4.69, 9.17) is 5.73 Å². The molecule has 0 aromatic heterocycles. The Morgan fingerprint density at radius 1 is 1.42 bits per heavy atom. The van der Waals surface area contributed by atoms with Gasteiger partial charge in [0.2, 0.25) is 5.91 Å². The Labute approximate surface area is 117 Å². The highest BCUT2D eigenvalue weighted by Crippen LogP contribution is 2.18. The lowest BCUT2D eigenvalue weighted by atomic mass is 10.0. The summed E-state index contributed by atoms with van der Waals surface area (Å²) in [7, 11) is -1.41. The van der Waals surface area contributed by atoms with Gasteiger partial charge in [0.05, 0.1) is 15.7 Å². The van der Waals surface area contributed by atoms with Gasteiger partial charge in [0, 0.05) is 11.2 Å². The van der Waals surface area contributed by atoms with E-state index < -0.39 is 10.8 Å². The summed E-state index contributed by atoms with van der Waals surface area (Å²) in [5, 5.41) is 2.86. The van der Waals surface area contributed by atoms with Crippen molar-refractivity contribution in [2.75, 3.05) is 11.5 Å². The van der Waals surface area contributed by atoms with Crippen LogP contribution in [0, 0.1) is 6.92 Å². The molecule has 0 saturated carbocycles. The Bertz CT molecular complexity index is 498. The average Bonchev–Trinajstić information content (AvgIpc) is 2.27. The van der Waals surface area contributed by atoms with Crippen LogP contribution in [-0.2, 0) is 15.6 Å². The topological polar surface area (TPSA) is 72.2 Å². The Morgan fingerprint density at radius 2 is 2.05 bits per heavy atom. The molecule has 106 valence electrons. The van der Waals surface area contributed by atoms with Crippen LogP contribution in [0.3, 0.4) is 0 Å². The number of aryl methyl sites for hydroxylation is 1. The maximum Gasteiger partial charge on any atom is 0.233 e. The van der Waals surface area contributed by atoms with Gasteiger partial charge in [-0.15, -0.1) is 0 Å². The van der Waals surface area contributed by atoms with Crippen LogP contribution in [0.1, 0.15) is 32.8 Å².